The van der Waals surface area contributed by atoms with Crippen molar-refractivity contribution in [2.24, 2.45) is 0 Å². The Morgan fingerprint density at radius 1 is 1.19 bits per heavy atom. The fourth-order valence-corrected chi connectivity index (χ4v) is 3.37. The molecule has 5 heteroatoms. The van der Waals surface area contributed by atoms with Crippen molar-refractivity contribution in [1.82, 2.24) is 14.8 Å². The molecular formula is C21H27N3O2. The zero-order chi connectivity index (χ0) is 18.5. The fraction of sp³-hybridized carbons (Fsp3) is 0.429. The second-order valence-corrected chi connectivity index (χ2v) is 6.86. The molecule has 26 heavy (non-hydrogen) atoms. The van der Waals surface area contributed by atoms with Crippen LogP contribution in [0.15, 0.2) is 36.5 Å². The van der Waals surface area contributed by atoms with Gasteiger partial charge in [-0.2, -0.15) is 0 Å². The lowest BCUT2D eigenvalue weighted by Crippen LogP contribution is -2.31. The number of aromatic nitrogens is 1. The first-order valence-electron chi connectivity index (χ1n) is 9.41. The summed E-state index contributed by atoms with van der Waals surface area (Å²) < 4.78 is 1.98. The molecular weight excluding hydrogens is 326 g/mol. The smallest absolute Gasteiger partial charge is 0.267 e. The van der Waals surface area contributed by atoms with Crippen molar-refractivity contribution in [2.45, 2.75) is 39.7 Å². The van der Waals surface area contributed by atoms with Gasteiger partial charge in [-0.3, -0.25) is 9.59 Å². The molecule has 0 radical (unpaired) electrons. The number of likely N-dealkylation sites (tertiary alicyclic amines) is 1. The predicted molar refractivity (Wildman–Crippen MR) is 103 cm³/mol. The minimum absolute atomic E-state index is 0.0574. The SMILES string of the molecule is CCn1cc(-c2ccc(C)cc2)cc1C(=O)NCCCN1CCCC1=O. The van der Waals surface area contributed by atoms with E-state index in [1.807, 2.05) is 28.7 Å². The van der Waals surface area contributed by atoms with E-state index in [-0.39, 0.29) is 11.8 Å². The van der Waals surface area contributed by atoms with E-state index in [1.165, 1.54) is 5.56 Å². The second kappa shape index (κ2) is 8.21. The lowest BCUT2D eigenvalue weighted by molar-refractivity contribution is -0.127. The molecule has 1 aromatic carbocycles. The van der Waals surface area contributed by atoms with Crippen LogP contribution in [-0.2, 0) is 11.3 Å². The highest BCUT2D eigenvalue weighted by Gasteiger charge is 2.19. The highest BCUT2D eigenvalue weighted by molar-refractivity contribution is 5.94. The van der Waals surface area contributed by atoms with Gasteiger partial charge < -0.3 is 14.8 Å². The maximum absolute atomic E-state index is 12.6. The Morgan fingerprint density at radius 3 is 2.62 bits per heavy atom. The summed E-state index contributed by atoms with van der Waals surface area (Å²) in [4.78, 5) is 26.1. The van der Waals surface area contributed by atoms with Gasteiger partial charge in [0.1, 0.15) is 5.69 Å². The normalized spacial score (nSPS) is 14.1. The Hall–Kier alpha value is -2.56. The third kappa shape index (κ3) is 4.15. The number of carbonyl (C=O) groups excluding carboxylic acids is 2. The van der Waals surface area contributed by atoms with E-state index in [0.29, 0.717) is 18.7 Å². The molecule has 1 aliphatic rings. The summed E-state index contributed by atoms with van der Waals surface area (Å²) in [7, 11) is 0. The lowest BCUT2D eigenvalue weighted by atomic mass is 10.1. The van der Waals surface area contributed by atoms with E-state index in [1.54, 1.807) is 0 Å². The summed E-state index contributed by atoms with van der Waals surface area (Å²) in [6.07, 6.45) is 4.44. The standard InChI is InChI=1S/C21H27N3O2/c1-3-23-15-18(17-9-7-16(2)8-10-17)14-19(23)21(26)22-11-5-13-24-12-4-6-20(24)25/h7-10,14-15H,3-6,11-13H2,1-2H3,(H,22,26). The van der Waals surface area contributed by atoms with Gasteiger partial charge in [-0.05, 0) is 38.3 Å². The molecule has 0 unspecified atom stereocenters. The zero-order valence-electron chi connectivity index (χ0n) is 15.6. The van der Waals surface area contributed by atoms with Crippen molar-refractivity contribution in [3.63, 3.8) is 0 Å². The average molecular weight is 353 g/mol. The number of hydrogen-bond donors (Lipinski definition) is 1. The molecule has 1 N–H and O–H groups in total. The van der Waals surface area contributed by atoms with Crippen LogP contribution in [0.3, 0.4) is 0 Å². The number of aryl methyl sites for hydroxylation is 2. The van der Waals surface area contributed by atoms with E-state index < -0.39 is 0 Å². The number of hydrogen-bond acceptors (Lipinski definition) is 2. The molecule has 1 saturated heterocycles. The van der Waals surface area contributed by atoms with Gasteiger partial charge in [0.15, 0.2) is 0 Å². The summed E-state index contributed by atoms with van der Waals surface area (Å²) in [6.45, 7) is 7.01. The molecule has 1 aromatic heterocycles. The van der Waals surface area contributed by atoms with Crippen molar-refractivity contribution in [3.8, 4) is 11.1 Å². The van der Waals surface area contributed by atoms with Gasteiger partial charge in [0.05, 0.1) is 0 Å². The van der Waals surface area contributed by atoms with Crippen LogP contribution in [0.5, 0.6) is 0 Å². The Balaban J connectivity index is 1.59. The largest absolute Gasteiger partial charge is 0.351 e. The average Bonchev–Trinajstić information content (AvgIpc) is 3.25. The predicted octanol–water partition coefficient (Wildman–Crippen LogP) is 3.23. The van der Waals surface area contributed by atoms with Gasteiger partial charge in [-0.1, -0.05) is 29.8 Å². The number of benzene rings is 1. The molecule has 2 aromatic rings. The molecule has 2 heterocycles. The van der Waals surface area contributed by atoms with E-state index in [2.05, 4.69) is 36.5 Å². The highest BCUT2D eigenvalue weighted by atomic mass is 16.2. The molecule has 5 nitrogen and oxygen atoms in total. The van der Waals surface area contributed by atoms with Crippen LogP contribution >= 0.6 is 0 Å². The first-order chi connectivity index (χ1) is 12.6. The van der Waals surface area contributed by atoms with E-state index in [0.717, 1.165) is 43.6 Å². The Kier molecular flexibility index (Phi) is 5.76. The molecule has 0 saturated carbocycles. The number of nitrogens with zero attached hydrogens (tertiary/aromatic N) is 2. The number of amides is 2. The van der Waals surface area contributed by atoms with Crippen LogP contribution in [0.4, 0.5) is 0 Å². The van der Waals surface area contributed by atoms with Crippen LogP contribution in [0, 0.1) is 6.92 Å². The molecule has 0 spiro atoms. The molecule has 1 fully saturated rings. The van der Waals surface area contributed by atoms with Gasteiger partial charge in [-0.25, -0.2) is 0 Å². The number of nitrogens with one attached hydrogen (secondary N) is 1. The van der Waals surface area contributed by atoms with Gasteiger partial charge in [0.25, 0.3) is 5.91 Å². The minimum atomic E-state index is -0.0574. The minimum Gasteiger partial charge on any atom is -0.351 e. The summed E-state index contributed by atoms with van der Waals surface area (Å²) in [5.41, 5.74) is 4.07. The zero-order valence-corrected chi connectivity index (χ0v) is 15.6. The molecule has 3 rings (SSSR count). The van der Waals surface area contributed by atoms with Crippen LogP contribution in [0.25, 0.3) is 11.1 Å². The molecule has 0 aliphatic carbocycles. The van der Waals surface area contributed by atoms with Crippen molar-refractivity contribution in [3.05, 3.63) is 47.8 Å². The highest BCUT2D eigenvalue weighted by Crippen LogP contribution is 2.23. The maximum atomic E-state index is 12.6. The lowest BCUT2D eigenvalue weighted by Gasteiger charge is -2.15. The summed E-state index contributed by atoms with van der Waals surface area (Å²) >= 11 is 0. The van der Waals surface area contributed by atoms with E-state index in [9.17, 15) is 9.59 Å². The summed E-state index contributed by atoms with van der Waals surface area (Å²) in [6, 6.07) is 10.3. The van der Waals surface area contributed by atoms with E-state index >= 15 is 0 Å². The van der Waals surface area contributed by atoms with Crippen molar-refractivity contribution >= 4 is 11.8 Å². The van der Waals surface area contributed by atoms with Crippen LogP contribution in [0.2, 0.25) is 0 Å². The van der Waals surface area contributed by atoms with Crippen molar-refractivity contribution < 1.29 is 9.59 Å². The molecule has 0 bridgehead atoms. The molecule has 0 atom stereocenters. The van der Waals surface area contributed by atoms with Gasteiger partial charge in [0, 0.05) is 44.4 Å². The topological polar surface area (TPSA) is 54.3 Å². The maximum Gasteiger partial charge on any atom is 0.267 e. The Morgan fingerprint density at radius 2 is 1.96 bits per heavy atom. The quantitative estimate of drug-likeness (QED) is 0.777. The number of carbonyl (C=O) groups is 2. The first kappa shape index (κ1) is 18.2. The van der Waals surface area contributed by atoms with Crippen LogP contribution < -0.4 is 5.32 Å². The monoisotopic (exact) mass is 353 g/mol. The van der Waals surface area contributed by atoms with Gasteiger partial charge in [0.2, 0.25) is 5.91 Å². The van der Waals surface area contributed by atoms with Crippen molar-refractivity contribution in [2.75, 3.05) is 19.6 Å². The molecule has 2 amide bonds. The summed E-state index contributed by atoms with van der Waals surface area (Å²) in [5.74, 6) is 0.178. The Bertz CT molecular complexity index is 777. The first-order valence-corrected chi connectivity index (χ1v) is 9.41. The van der Waals surface area contributed by atoms with Gasteiger partial charge >= 0.3 is 0 Å². The van der Waals surface area contributed by atoms with Crippen LogP contribution in [0.1, 0.15) is 42.2 Å². The van der Waals surface area contributed by atoms with Gasteiger partial charge in [-0.15, -0.1) is 0 Å². The van der Waals surface area contributed by atoms with Crippen molar-refractivity contribution in [1.29, 1.82) is 0 Å². The molecule has 138 valence electrons. The summed E-state index contributed by atoms with van der Waals surface area (Å²) in [5, 5.41) is 2.99. The third-order valence-electron chi connectivity index (χ3n) is 4.92. The van der Waals surface area contributed by atoms with Crippen LogP contribution in [-0.4, -0.2) is 40.9 Å². The Labute approximate surface area is 155 Å². The fourth-order valence-electron chi connectivity index (χ4n) is 3.37. The second-order valence-electron chi connectivity index (χ2n) is 6.86. The molecule has 1 aliphatic heterocycles. The third-order valence-corrected chi connectivity index (χ3v) is 4.92. The van der Waals surface area contributed by atoms with E-state index in [4.69, 9.17) is 0 Å². The number of rotatable bonds is 7.